The molecular formula is C9H11N3O2. The number of aliphatic hydroxyl groups excluding tert-OH is 1. The first-order valence-corrected chi connectivity index (χ1v) is 4.37. The van der Waals surface area contributed by atoms with Crippen molar-refractivity contribution in [1.29, 1.82) is 0 Å². The van der Waals surface area contributed by atoms with Crippen molar-refractivity contribution in [1.82, 2.24) is 9.55 Å². The Balaban J connectivity index is 2.27. The molecule has 5 heteroatoms. The van der Waals surface area contributed by atoms with Gasteiger partial charge in [0.1, 0.15) is 5.82 Å². The maximum Gasteiger partial charge on any atom is 0.353 e. The van der Waals surface area contributed by atoms with Gasteiger partial charge in [-0.05, 0) is 18.1 Å². The van der Waals surface area contributed by atoms with Crippen molar-refractivity contribution in [2.75, 3.05) is 12.3 Å². The van der Waals surface area contributed by atoms with Crippen molar-refractivity contribution < 1.29 is 5.11 Å². The molecule has 0 saturated heterocycles. The van der Waals surface area contributed by atoms with Crippen molar-refractivity contribution >= 4 is 12.0 Å². The van der Waals surface area contributed by atoms with E-state index in [0.29, 0.717) is 0 Å². The molecule has 3 N–H and O–H groups in total. The number of nitrogens with two attached hydrogens (primary N) is 1. The molecule has 0 aliphatic heterocycles. The summed E-state index contributed by atoms with van der Waals surface area (Å²) in [6, 6.07) is 1.56. The van der Waals surface area contributed by atoms with Gasteiger partial charge in [-0.25, -0.2) is 4.79 Å². The van der Waals surface area contributed by atoms with Crippen LogP contribution in [0.5, 0.6) is 0 Å². The first-order chi connectivity index (χ1) is 6.70. The summed E-state index contributed by atoms with van der Waals surface area (Å²) in [5.74, 6) is 0.443. The van der Waals surface area contributed by atoms with Crippen molar-refractivity contribution in [3.05, 3.63) is 28.3 Å². The summed E-state index contributed by atoms with van der Waals surface area (Å²) >= 11 is 0. The van der Waals surface area contributed by atoms with Gasteiger partial charge in [-0.15, -0.1) is 0 Å². The van der Waals surface area contributed by atoms with Gasteiger partial charge in [-0.3, -0.25) is 4.57 Å². The van der Waals surface area contributed by atoms with Gasteiger partial charge in [0.25, 0.3) is 0 Å². The van der Waals surface area contributed by atoms with Crippen LogP contribution < -0.4 is 11.4 Å². The standard InChI is InChI=1S/C9H11N3O2/c10-8-1-2-12(9(14)11-8)4-6-3-7(6)5-13/h1-2,4,7,13H,3,5H2,(H2,10,11,14)/b6-4+. The summed E-state index contributed by atoms with van der Waals surface area (Å²) in [7, 11) is 0. The van der Waals surface area contributed by atoms with Crippen LogP contribution in [0.4, 0.5) is 5.82 Å². The average Bonchev–Trinajstić information content (AvgIpc) is 2.89. The number of hydrogen-bond acceptors (Lipinski definition) is 4. The minimum atomic E-state index is -0.388. The van der Waals surface area contributed by atoms with E-state index in [1.54, 1.807) is 18.5 Å². The number of nitrogen functional groups attached to an aromatic ring is 1. The first-order valence-electron chi connectivity index (χ1n) is 4.37. The monoisotopic (exact) mass is 193 g/mol. The predicted octanol–water partition coefficient (Wildman–Crippen LogP) is -0.321. The number of aliphatic hydroxyl groups is 1. The summed E-state index contributed by atoms with van der Waals surface area (Å²) in [6.07, 6.45) is 4.13. The zero-order valence-electron chi connectivity index (χ0n) is 7.55. The lowest BCUT2D eigenvalue weighted by molar-refractivity contribution is 0.281. The van der Waals surface area contributed by atoms with E-state index in [9.17, 15) is 4.79 Å². The molecule has 1 heterocycles. The molecule has 0 spiro atoms. The fraction of sp³-hybridized carbons (Fsp3) is 0.333. The number of hydrogen-bond donors (Lipinski definition) is 2. The number of aromatic nitrogens is 2. The lowest BCUT2D eigenvalue weighted by Crippen LogP contribution is -2.19. The van der Waals surface area contributed by atoms with Gasteiger partial charge in [-0.1, -0.05) is 0 Å². The molecule has 1 saturated carbocycles. The molecule has 1 aliphatic carbocycles. The molecule has 14 heavy (non-hydrogen) atoms. The Labute approximate surface area is 80.5 Å². The van der Waals surface area contributed by atoms with Gasteiger partial charge < -0.3 is 10.8 Å². The molecule has 0 aromatic carbocycles. The third-order valence-electron chi connectivity index (χ3n) is 2.22. The molecule has 1 aromatic heterocycles. The Kier molecular flexibility index (Phi) is 2.09. The minimum absolute atomic E-state index is 0.142. The van der Waals surface area contributed by atoms with Gasteiger partial charge in [0.2, 0.25) is 0 Å². The summed E-state index contributed by atoms with van der Waals surface area (Å²) in [6.45, 7) is 0.142. The van der Waals surface area contributed by atoms with Crippen LogP contribution >= 0.6 is 0 Å². The van der Waals surface area contributed by atoms with Gasteiger partial charge >= 0.3 is 5.69 Å². The van der Waals surface area contributed by atoms with Crippen molar-refractivity contribution in [3.8, 4) is 0 Å². The second-order valence-electron chi connectivity index (χ2n) is 3.33. The Morgan fingerprint density at radius 2 is 2.57 bits per heavy atom. The van der Waals surface area contributed by atoms with Crippen LogP contribution in [-0.2, 0) is 0 Å². The highest BCUT2D eigenvalue weighted by atomic mass is 16.3. The van der Waals surface area contributed by atoms with Crippen LogP contribution in [0.15, 0.2) is 22.6 Å². The van der Waals surface area contributed by atoms with Gasteiger partial charge in [0.15, 0.2) is 0 Å². The van der Waals surface area contributed by atoms with Crippen LogP contribution in [-0.4, -0.2) is 21.3 Å². The predicted molar refractivity (Wildman–Crippen MR) is 52.4 cm³/mol. The maximum absolute atomic E-state index is 11.3. The zero-order valence-corrected chi connectivity index (χ0v) is 7.55. The molecule has 1 aromatic rings. The van der Waals surface area contributed by atoms with Crippen molar-refractivity contribution in [3.63, 3.8) is 0 Å². The molecule has 0 radical (unpaired) electrons. The molecule has 0 amide bonds. The number of anilines is 1. The third kappa shape index (κ3) is 1.67. The van der Waals surface area contributed by atoms with Gasteiger partial charge in [-0.2, -0.15) is 4.98 Å². The molecule has 1 atom stereocenters. The zero-order chi connectivity index (χ0) is 10.1. The van der Waals surface area contributed by atoms with E-state index >= 15 is 0 Å². The Morgan fingerprint density at radius 1 is 1.79 bits per heavy atom. The summed E-state index contributed by atoms with van der Waals surface area (Å²) in [5, 5.41) is 8.80. The highest BCUT2D eigenvalue weighted by molar-refractivity contribution is 5.42. The Hall–Kier alpha value is -1.62. The fourth-order valence-electron chi connectivity index (χ4n) is 1.27. The Morgan fingerprint density at radius 3 is 3.14 bits per heavy atom. The smallest absolute Gasteiger partial charge is 0.353 e. The van der Waals surface area contributed by atoms with E-state index in [0.717, 1.165) is 12.0 Å². The quantitative estimate of drug-likeness (QED) is 0.674. The second-order valence-corrected chi connectivity index (χ2v) is 3.33. The molecule has 5 nitrogen and oxygen atoms in total. The van der Waals surface area contributed by atoms with E-state index in [2.05, 4.69) is 4.98 Å². The molecule has 2 rings (SSSR count). The second kappa shape index (κ2) is 3.26. The van der Waals surface area contributed by atoms with Crippen molar-refractivity contribution in [2.24, 2.45) is 5.92 Å². The SMILES string of the molecule is Nc1ccn(/C=C2\CC2CO)c(=O)n1. The van der Waals surface area contributed by atoms with Crippen LogP contribution in [0.1, 0.15) is 6.42 Å². The summed E-state index contributed by atoms with van der Waals surface area (Å²) in [5.41, 5.74) is 6.02. The summed E-state index contributed by atoms with van der Waals surface area (Å²) < 4.78 is 1.38. The molecular weight excluding hydrogens is 182 g/mol. The van der Waals surface area contributed by atoms with Crippen LogP contribution in [0.2, 0.25) is 0 Å². The highest BCUT2D eigenvalue weighted by Gasteiger charge is 2.28. The van der Waals surface area contributed by atoms with Gasteiger partial charge in [0, 0.05) is 24.9 Å². The molecule has 1 fully saturated rings. The molecule has 1 unspecified atom stereocenters. The van der Waals surface area contributed by atoms with Crippen LogP contribution in [0.25, 0.3) is 6.20 Å². The largest absolute Gasteiger partial charge is 0.396 e. The van der Waals surface area contributed by atoms with E-state index in [1.165, 1.54) is 4.57 Å². The molecule has 0 bridgehead atoms. The minimum Gasteiger partial charge on any atom is -0.396 e. The number of rotatable bonds is 2. The van der Waals surface area contributed by atoms with E-state index in [4.69, 9.17) is 10.8 Å². The third-order valence-corrected chi connectivity index (χ3v) is 2.22. The summed E-state index contributed by atoms with van der Waals surface area (Å²) in [4.78, 5) is 14.8. The lowest BCUT2D eigenvalue weighted by Gasteiger charge is -1.96. The van der Waals surface area contributed by atoms with E-state index in [1.807, 2.05) is 0 Å². The lowest BCUT2D eigenvalue weighted by atomic mass is 10.4. The fourth-order valence-corrected chi connectivity index (χ4v) is 1.27. The Bertz CT molecular complexity index is 436. The topological polar surface area (TPSA) is 81.1 Å². The molecule has 74 valence electrons. The normalized spacial score (nSPS) is 22.6. The maximum atomic E-state index is 11.3. The first kappa shape index (κ1) is 8.96. The van der Waals surface area contributed by atoms with Crippen LogP contribution in [0, 0.1) is 5.92 Å². The number of nitrogens with zero attached hydrogens (tertiary/aromatic N) is 2. The molecule has 1 aliphatic rings. The van der Waals surface area contributed by atoms with E-state index in [-0.39, 0.29) is 24.0 Å². The average molecular weight is 193 g/mol. The van der Waals surface area contributed by atoms with E-state index < -0.39 is 0 Å². The van der Waals surface area contributed by atoms with Gasteiger partial charge in [0.05, 0.1) is 0 Å². The highest BCUT2D eigenvalue weighted by Crippen LogP contribution is 2.37. The van der Waals surface area contributed by atoms with Crippen LogP contribution in [0.3, 0.4) is 0 Å². The van der Waals surface area contributed by atoms with Crippen molar-refractivity contribution in [2.45, 2.75) is 6.42 Å².